The van der Waals surface area contributed by atoms with Crippen LogP contribution >= 0.6 is 11.3 Å². The highest BCUT2D eigenvalue weighted by Gasteiger charge is 2.22. The molecular weight excluding hydrogens is 280 g/mol. The highest BCUT2D eigenvalue weighted by Crippen LogP contribution is 2.27. The summed E-state index contributed by atoms with van der Waals surface area (Å²) in [4.78, 5) is 15.5. The first-order chi connectivity index (χ1) is 9.75. The van der Waals surface area contributed by atoms with Crippen molar-refractivity contribution >= 4 is 27.9 Å². The van der Waals surface area contributed by atoms with E-state index in [9.17, 15) is 10.1 Å². The van der Waals surface area contributed by atoms with Gasteiger partial charge in [0.25, 0.3) is 4.96 Å². The minimum Gasteiger partial charge on any atom is -0.363 e. The summed E-state index contributed by atoms with van der Waals surface area (Å²) in [6.07, 6.45) is 6.07. The lowest BCUT2D eigenvalue weighted by Crippen LogP contribution is -2.08. The predicted octanol–water partition coefficient (Wildman–Crippen LogP) is 2.00. The molecule has 0 amide bonds. The number of aromatic nitrogens is 4. The third-order valence-corrected chi connectivity index (χ3v) is 3.58. The van der Waals surface area contributed by atoms with Gasteiger partial charge in [-0.2, -0.15) is 14.5 Å². The van der Waals surface area contributed by atoms with E-state index in [1.165, 1.54) is 15.7 Å². The van der Waals surface area contributed by atoms with Gasteiger partial charge in [0.2, 0.25) is 5.82 Å². The minimum absolute atomic E-state index is 0.0136. The van der Waals surface area contributed by atoms with E-state index in [2.05, 4.69) is 15.4 Å². The molecule has 20 heavy (non-hydrogen) atoms. The van der Waals surface area contributed by atoms with E-state index in [-0.39, 0.29) is 5.82 Å². The highest BCUT2D eigenvalue weighted by atomic mass is 32.1. The molecule has 0 aliphatic heterocycles. The number of thiazole rings is 1. The van der Waals surface area contributed by atoms with E-state index in [1.807, 2.05) is 16.9 Å². The van der Waals surface area contributed by atoms with E-state index in [1.54, 1.807) is 17.8 Å². The van der Waals surface area contributed by atoms with Crippen LogP contribution in [0.1, 0.15) is 6.42 Å². The number of anilines is 1. The summed E-state index contributed by atoms with van der Waals surface area (Å²) in [5.41, 5.74) is 0. The Labute approximate surface area is 117 Å². The number of fused-ring (bicyclic) bond motifs is 1. The molecule has 0 bridgehead atoms. The van der Waals surface area contributed by atoms with Crippen molar-refractivity contribution in [3.8, 4) is 0 Å². The zero-order chi connectivity index (χ0) is 13.9. The lowest BCUT2D eigenvalue weighted by atomic mass is 10.4. The second-order valence-corrected chi connectivity index (χ2v) is 5.02. The molecule has 104 valence electrons. The Bertz CT molecular complexity index is 717. The third kappa shape index (κ3) is 2.35. The molecule has 9 heteroatoms. The molecule has 0 unspecified atom stereocenters. The van der Waals surface area contributed by atoms with Gasteiger partial charge >= 0.3 is 5.82 Å². The predicted molar refractivity (Wildman–Crippen MR) is 75.1 cm³/mol. The maximum Gasteiger partial charge on any atom is 0.372 e. The molecule has 3 heterocycles. The third-order valence-electron chi connectivity index (χ3n) is 2.83. The van der Waals surface area contributed by atoms with Crippen molar-refractivity contribution in [2.45, 2.75) is 13.0 Å². The van der Waals surface area contributed by atoms with Gasteiger partial charge in [-0.3, -0.25) is 4.68 Å². The van der Waals surface area contributed by atoms with Crippen LogP contribution in [0.5, 0.6) is 0 Å². The average molecular weight is 292 g/mol. The summed E-state index contributed by atoms with van der Waals surface area (Å²) in [6, 6.07) is 1.86. The maximum atomic E-state index is 11.1. The standard InChI is InChI=1S/C11H12N6O2S/c18-17(19)10-9(14-11-16(10)7-8-20-11)12-3-1-5-15-6-2-4-13-15/h2,4,6-8,12H,1,3,5H2. The lowest BCUT2D eigenvalue weighted by molar-refractivity contribution is -0.389. The largest absolute Gasteiger partial charge is 0.372 e. The Morgan fingerprint density at radius 1 is 1.45 bits per heavy atom. The molecular formula is C11H12N6O2S. The van der Waals surface area contributed by atoms with Crippen LogP contribution in [0.15, 0.2) is 30.0 Å². The average Bonchev–Trinajstić information content (AvgIpc) is 3.10. The molecule has 0 saturated carbocycles. The second kappa shape index (κ2) is 5.29. The first-order valence-corrected chi connectivity index (χ1v) is 6.95. The summed E-state index contributed by atoms with van der Waals surface area (Å²) < 4.78 is 3.31. The van der Waals surface area contributed by atoms with Gasteiger partial charge in [-0.05, 0) is 17.4 Å². The van der Waals surface area contributed by atoms with Crippen molar-refractivity contribution in [2.24, 2.45) is 0 Å². The Morgan fingerprint density at radius 3 is 3.10 bits per heavy atom. The van der Waals surface area contributed by atoms with Gasteiger partial charge in [0.15, 0.2) is 0 Å². The molecule has 0 atom stereocenters. The van der Waals surface area contributed by atoms with Crippen LogP contribution in [0.25, 0.3) is 4.96 Å². The fraction of sp³-hybridized carbons (Fsp3) is 0.273. The van der Waals surface area contributed by atoms with E-state index in [0.717, 1.165) is 13.0 Å². The maximum absolute atomic E-state index is 11.1. The fourth-order valence-electron chi connectivity index (χ4n) is 1.95. The van der Waals surface area contributed by atoms with E-state index >= 15 is 0 Å². The number of hydrogen-bond donors (Lipinski definition) is 1. The van der Waals surface area contributed by atoms with Crippen LogP contribution in [-0.2, 0) is 6.54 Å². The second-order valence-electron chi connectivity index (χ2n) is 4.15. The van der Waals surface area contributed by atoms with Gasteiger partial charge in [0.1, 0.15) is 6.20 Å². The van der Waals surface area contributed by atoms with Gasteiger partial charge in [0.05, 0.1) is 0 Å². The molecule has 3 aromatic heterocycles. The van der Waals surface area contributed by atoms with Crippen molar-refractivity contribution in [1.29, 1.82) is 0 Å². The number of rotatable bonds is 6. The monoisotopic (exact) mass is 292 g/mol. The lowest BCUT2D eigenvalue weighted by Gasteiger charge is -2.03. The number of imidazole rings is 1. The van der Waals surface area contributed by atoms with Crippen LogP contribution < -0.4 is 5.32 Å². The Kier molecular flexibility index (Phi) is 3.33. The van der Waals surface area contributed by atoms with E-state index in [4.69, 9.17) is 0 Å². The first-order valence-electron chi connectivity index (χ1n) is 6.07. The fourth-order valence-corrected chi connectivity index (χ4v) is 2.66. The summed E-state index contributed by atoms with van der Waals surface area (Å²) in [6.45, 7) is 1.36. The van der Waals surface area contributed by atoms with Crippen molar-refractivity contribution < 1.29 is 4.92 Å². The Balaban J connectivity index is 1.66. The van der Waals surface area contributed by atoms with E-state index < -0.39 is 4.92 Å². The van der Waals surface area contributed by atoms with Crippen LogP contribution in [0.4, 0.5) is 11.6 Å². The van der Waals surface area contributed by atoms with Gasteiger partial charge < -0.3 is 15.4 Å². The van der Waals surface area contributed by atoms with Crippen LogP contribution in [0, 0.1) is 10.1 Å². The number of nitro groups is 1. The quantitative estimate of drug-likeness (QED) is 0.426. The van der Waals surface area contributed by atoms with Crippen LogP contribution in [0.3, 0.4) is 0 Å². The van der Waals surface area contributed by atoms with E-state index in [0.29, 0.717) is 17.3 Å². The zero-order valence-corrected chi connectivity index (χ0v) is 11.3. The van der Waals surface area contributed by atoms with Crippen molar-refractivity contribution in [3.63, 3.8) is 0 Å². The normalized spacial score (nSPS) is 11.0. The molecule has 0 fully saturated rings. The smallest absolute Gasteiger partial charge is 0.363 e. The molecule has 0 aromatic carbocycles. The van der Waals surface area contributed by atoms with Crippen molar-refractivity contribution in [1.82, 2.24) is 19.2 Å². The number of nitrogens with zero attached hydrogens (tertiary/aromatic N) is 5. The molecule has 3 aromatic rings. The highest BCUT2D eigenvalue weighted by molar-refractivity contribution is 7.15. The summed E-state index contributed by atoms with van der Waals surface area (Å²) in [7, 11) is 0. The van der Waals surface area contributed by atoms with Gasteiger partial charge in [-0.1, -0.05) is 11.3 Å². The minimum atomic E-state index is -0.414. The summed E-state index contributed by atoms with van der Waals surface area (Å²) in [5, 5.41) is 20.0. The Morgan fingerprint density at radius 2 is 2.35 bits per heavy atom. The van der Waals surface area contributed by atoms with Crippen molar-refractivity contribution in [2.75, 3.05) is 11.9 Å². The molecule has 0 spiro atoms. The first kappa shape index (κ1) is 12.6. The van der Waals surface area contributed by atoms with Gasteiger partial charge in [-0.15, -0.1) is 0 Å². The van der Waals surface area contributed by atoms with Gasteiger partial charge in [0, 0.05) is 30.9 Å². The number of hydrogen-bond acceptors (Lipinski definition) is 6. The topological polar surface area (TPSA) is 90.3 Å². The SMILES string of the molecule is O=[N+]([O-])c1c(NCCCn2cccn2)nc2sccn12. The van der Waals surface area contributed by atoms with Crippen molar-refractivity contribution in [3.05, 3.63) is 40.2 Å². The molecule has 8 nitrogen and oxygen atoms in total. The molecule has 0 saturated heterocycles. The van der Waals surface area contributed by atoms with Gasteiger partial charge in [-0.25, -0.2) is 0 Å². The zero-order valence-electron chi connectivity index (χ0n) is 10.5. The summed E-state index contributed by atoms with van der Waals surface area (Å²) in [5.74, 6) is 0.308. The number of nitrogens with one attached hydrogen (secondary N) is 1. The molecule has 0 radical (unpaired) electrons. The Hall–Kier alpha value is -2.42. The molecule has 1 N–H and O–H groups in total. The molecule has 0 aliphatic carbocycles. The van der Waals surface area contributed by atoms with Crippen LogP contribution in [0.2, 0.25) is 0 Å². The van der Waals surface area contributed by atoms with Crippen LogP contribution in [-0.4, -0.2) is 30.6 Å². The number of aryl methyl sites for hydroxylation is 1. The molecule has 3 rings (SSSR count). The summed E-state index contributed by atoms with van der Waals surface area (Å²) >= 11 is 1.37. The molecule has 0 aliphatic rings.